The van der Waals surface area contributed by atoms with Gasteiger partial charge in [-0.3, -0.25) is 20.3 Å². The Labute approximate surface area is 173 Å². The lowest BCUT2D eigenvalue weighted by molar-refractivity contribution is -0.384. The van der Waals surface area contributed by atoms with Crippen molar-refractivity contribution >= 4 is 45.7 Å². The van der Waals surface area contributed by atoms with Gasteiger partial charge in [0.2, 0.25) is 0 Å². The number of non-ortho nitro benzene ring substituents is 1. The Morgan fingerprint density at radius 3 is 2.86 bits per heavy atom. The van der Waals surface area contributed by atoms with Crippen LogP contribution in [0.3, 0.4) is 0 Å². The first-order valence-corrected chi connectivity index (χ1v) is 10.3. The van der Waals surface area contributed by atoms with E-state index in [2.05, 4.69) is 10.2 Å². The number of thioether (sulfide) groups is 1. The molecule has 1 saturated heterocycles. The molecule has 2 aromatic heterocycles. The van der Waals surface area contributed by atoms with E-state index in [0.29, 0.717) is 27.0 Å². The SMILES string of the molecule is CCc1nnc([C@H]2C(=N)S/C(=C\c3ccc(-c4cccc([N+](=O)[O-])c4)o3)C2=O)s1. The summed E-state index contributed by atoms with van der Waals surface area (Å²) in [5, 5.41) is 28.8. The van der Waals surface area contributed by atoms with Gasteiger partial charge >= 0.3 is 0 Å². The van der Waals surface area contributed by atoms with E-state index in [1.807, 2.05) is 6.92 Å². The number of allylic oxidation sites excluding steroid dienone is 1. The average molecular weight is 426 g/mol. The molecule has 1 fully saturated rings. The van der Waals surface area contributed by atoms with Crippen LogP contribution in [0, 0.1) is 15.5 Å². The van der Waals surface area contributed by atoms with E-state index in [9.17, 15) is 14.9 Å². The molecule has 0 radical (unpaired) electrons. The summed E-state index contributed by atoms with van der Waals surface area (Å²) in [5.41, 5.74) is 0.543. The number of furan rings is 1. The smallest absolute Gasteiger partial charge is 0.270 e. The van der Waals surface area contributed by atoms with Crippen LogP contribution >= 0.6 is 23.1 Å². The van der Waals surface area contributed by atoms with Crippen LogP contribution in [-0.2, 0) is 11.2 Å². The van der Waals surface area contributed by atoms with Gasteiger partial charge in [-0.2, -0.15) is 0 Å². The van der Waals surface area contributed by atoms with Gasteiger partial charge in [-0.1, -0.05) is 30.8 Å². The van der Waals surface area contributed by atoms with Crippen LogP contribution < -0.4 is 0 Å². The van der Waals surface area contributed by atoms with Gasteiger partial charge in [-0.25, -0.2) is 0 Å². The highest BCUT2D eigenvalue weighted by Crippen LogP contribution is 2.41. The summed E-state index contributed by atoms with van der Waals surface area (Å²) in [7, 11) is 0. The molecule has 0 spiro atoms. The maximum Gasteiger partial charge on any atom is 0.270 e. The predicted octanol–water partition coefficient (Wildman–Crippen LogP) is 4.69. The molecule has 1 aliphatic heterocycles. The predicted molar refractivity (Wildman–Crippen MR) is 111 cm³/mol. The minimum Gasteiger partial charge on any atom is -0.457 e. The number of nitro groups is 1. The number of aryl methyl sites for hydroxylation is 1. The number of nitro benzene ring substituents is 1. The highest BCUT2D eigenvalue weighted by molar-refractivity contribution is 8.19. The van der Waals surface area contributed by atoms with Crippen molar-refractivity contribution in [3.05, 3.63) is 67.2 Å². The number of ketones is 1. The number of hydrogen-bond donors (Lipinski definition) is 1. The normalized spacial score (nSPS) is 18.0. The van der Waals surface area contributed by atoms with E-state index < -0.39 is 10.8 Å². The molecular formula is C19H14N4O4S2. The second-order valence-electron chi connectivity index (χ2n) is 6.17. The molecule has 29 heavy (non-hydrogen) atoms. The Bertz CT molecular complexity index is 1160. The third-order valence-corrected chi connectivity index (χ3v) is 6.39. The number of rotatable bonds is 5. The van der Waals surface area contributed by atoms with Crippen molar-refractivity contribution in [3.8, 4) is 11.3 Å². The number of nitrogens with one attached hydrogen (secondary N) is 1. The maximum atomic E-state index is 12.8. The summed E-state index contributed by atoms with van der Waals surface area (Å²) < 4.78 is 5.75. The van der Waals surface area contributed by atoms with Gasteiger partial charge in [0.25, 0.3) is 5.69 Å². The topological polar surface area (TPSA) is 123 Å². The Morgan fingerprint density at radius 1 is 1.31 bits per heavy atom. The van der Waals surface area contributed by atoms with E-state index in [-0.39, 0.29) is 16.5 Å². The average Bonchev–Trinajstić information content (AvgIpc) is 3.42. The zero-order valence-corrected chi connectivity index (χ0v) is 16.8. The number of carbonyl (C=O) groups excluding carboxylic acids is 1. The summed E-state index contributed by atoms with van der Waals surface area (Å²) in [6.07, 6.45) is 2.32. The molecule has 146 valence electrons. The van der Waals surface area contributed by atoms with Crippen LogP contribution in [0.5, 0.6) is 0 Å². The Hall–Kier alpha value is -3.11. The van der Waals surface area contributed by atoms with E-state index in [1.165, 1.54) is 23.5 Å². The molecule has 4 rings (SSSR count). The Kier molecular flexibility index (Phi) is 5.12. The highest BCUT2D eigenvalue weighted by Gasteiger charge is 2.39. The standard InChI is InChI=1S/C19H14N4O4S2/c1-2-15-21-22-19(29-15)16-17(24)14(28-18(16)20)9-12-6-7-13(27-12)10-4-3-5-11(8-10)23(25)26/h3-9,16,20H,2H2,1H3/b14-9-,20-18?/t16-/m1/s1. The fourth-order valence-corrected chi connectivity index (χ4v) is 4.76. The van der Waals surface area contributed by atoms with Crippen LogP contribution in [0.1, 0.15) is 28.6 Å². The molecule has 8 nitrogen and oxygen atoms in total. The number of benzene rings is 1. The summed E-state index contributed by atoms with van der Waals surface area (Å²) in [5.74, 6) is -0.0241. The first-order valence-electron chi connectivity index (χ1n) is 8.65. The van der Waals surface area contributed by atoms with Gasteiger partial charge in [0.15, 0.2) is 5.78 Å². The minimum absolute atomic E-state index is 0.0277. The number of aromatic nitrogens is 2. The van der Waals surface area contributed by atoms with E-state index in [4.69, 9.17) is 9.83 Å². The zero-order chi connectivity index (χ0) is 20.5. The van der Waals surface area contributed by atoms with Crippen LogP contribution in [0.2, 0.25) is 0 Å². The lowest BCUT2D eigenvalue weighted by Crippen LogP contribution is -2.11. The van der Waals surface area contributed by atoms with Crippen molar-refractivity contribution in [3.63, 3.8) is 0 Å². The molecule has 0 aliphatic carbocycles. The molecule has 1 N–H and O–H groups in total. The van der Waals surface area contributed by atoms with Crippen molar-refractivity contribution in [2.75, 3.05) is 0 Å². The Morgan fingerprint density at radius 2 is 2.14 bits per heavy atom. The van der Waals surface area contributed by atoms with Crippen LogP contribution in [0.15, 0.2) is 45.7 Å². The van der Waals surface area contributed by atoms with Gasteiger partial charge < -0.3 is 4.42 Å². The summed E-state index contributed by atoms with van der Waals surface area (Å²) in [6, 6.07) is 9.51. The molecular weight excluding hydrogens is 412 g/mol. The van der Waals surface area contributed by atoms with Gasteiger partial charge in [0.05, 0.1) is 14.9 Å². The third kappa shape index (κ3) is 3.76. The second kappa shape index (κ2) is 7.72. The molecule has 3 aromatic rings. The lowest BCUT2D eigenvalue weighted by atomic mass is 10.1. The largest absolute Gasteiger partial charge is 0.457 e. The van der Waals surface area contributed by atoms with E-state index >= 15 is 0 Å². The van der Waals surface area contributed by atoms with Crippen molar-refractivity contribution in [2.24, 2.45) is 0 Å². The molecule has 0 saturated carbocycles. The van der Waals surface area contributed by atoms with Crippen molar-refractivity contribution in [1.82, 2.24) is 10.2 Å². The van der Waals surface area contributed by atoms with Crippen molar-refractivity contribution in [1.29, 1.82) is 5.41 Å². The van der Waals surface area contributed by atoms with Crippen molar-refractivity contribution in [2.45, 2.75) is 19.3 Å². The third-order valence-electron chi connectivity index (χ3n) is 4.26. The number of hydrogen-bond acceptors (Lipinski definition) is 9. The molecule has 1 aliphatic rings. The first-order chi connectivity index (χ1) is 14.0. The quantitative estimate of drug-likeness (QED) is 0.357. The molecule has 3 heterocycles. The minimum atomic E-state index is -0.713. The van der Waals surface area contributed by atoms with Gasteiger partial charge in [0.1, 0.15) is 27.5 Å². The van der Waals surface area contributed by atoms with Crippen molar-refractivity contribution < 1.29 is 14.1 Å². The Balaban J connectivity index is 1.59. The monoisotopic (exact) mass is 426 g/mol. The van der Waals surface area contributed by atoms with Crippen LogP contribution in [-0.4, -0.2) is 25.9 Å². The lowest BCUT2D eigenvalue weighted by Gasteiger charge is -2.00. The molecule has 0 unspecified atom stereocenters. The summed E-state index contributed by atoms with van der Waals surface area (Å²) in [6.45, 7) is 1.96. The van der Waals surface area contributed by atoms with E-state index in [1.54, 1.807) is 30.3 Å². The number of carbonyl (C=O) groups is 1. The molecule has 0 amide bonds. The molecule has 1 atom stereocenters. The first kappa shape index (κ1) is 19.2. The van der Waals surface area contributed by atoms with E-state index in [0.717, 1.165) is 23.2 Å². The molecule has 0 bridgehead atoms. The van der Waals surface area contributed by atoms with Crippen LogP contribution in [0.4, 0.5) is 5.69 Å². The highest BCUT2D eigenvalue weighted by atomic mass is 32.2. The fraction of sp³-hybridized carbons (Fsp3) is 0.158. The molecule has 10 heteroatoms. The summed E-state index contributed by atoms with van der Waals surface area (Å²) in [4.78, 5) is 23.7. The second-order valence-corrected chi connectivity index (χ2v) is 8.35. The maximum absolute atomic E-state index is 12.8. The van der Waals surface area contributed by atoms with Gasteiger partial charge in [-0.05, 0) is 24.6 Å². The zero-order valence-electron chi connectivity index (χ0n) is 15.1. The number of nitrogens with zero attached hydrogens (tertiary/aromatic N) is 3. The molecule has 1 aromatic carbocycles. The van der Waals surface area contributed by atoms with Gasteiger partial charge in [-0.15, -0.1) is 21.5 Å². The fourth-order valence-electron chi connectivity index (χ4n) is 2.83. The number of Topliss-reactive ketones (excluding diaryl/α,β-unsaturated/α-hetero) is 1. The summed E-state index contributed by atoms with van der Waals surface area (Å²) >= 11 is 2.43. The van der Waals surface area contributed by atoms with Crippen LogP contribution in [0.25, 0.3) is 17.4 Å². The van der Waals surface area contributed by atoms with Gasteiger partial charge in [0, 0.05) is 17.7 Å².